The minimum Gasteiger partial charge on any atom is -0.274 e. The van der Waals surface area contributed by atoms with Crippen LogP contribution in [0.15, 0.2) is 0 Å². The van der Waals surface area contributed by atoms with Crippen LogP contribution in [0.25, 0.3) is 0 Å². The van der Waals surface area contributed by atoms with Crippen molar-refractivity contribution in [1.29, 1.82) is 0 Å². The number of thioether (sulfide) groups is 2. The average molecular weight is 188 g/mol. The van der Waals surface area contributed by atoms with E-state index in [-0.39, 0.29) is 23.9 Å². The van der Waals surface area contributed by atoms with Gasteiger partial charge in [0.1, 0.15) is 0 Å². The van der Waals surface area contributed by atoms with Crippen LogP contribution in [-0.2, 0) is 19.5 Å². The molecule has 0 atom stereocenters. The molecule has 0 aliphatic rings. The van der Waals surface area contributed by atoms with Crippen LogP contribution in [0.3, 0.4) is 0 Å². The van der Waals surface area contributed by atoms with Crippen molar-refractivity contribution in [3.05, 3.63) is 0 Å². The van der Waals surface area contributed by atoms with Crippen LogP contribution < -0.4 is 0 Å². The second-order valence-corrected chi connectivity index (χ2v) is 2.47. The zero-order chi connectivity index (χ0) is 4.99. The van der Waals surface area contributed by atoms with Crippen molar-refractivity contribution >= 4 is 28.0 Å². The molecule has 0 heterocycles. The third kappa shape index (κ3) is 6.99. The summed E-state index contributed by atoms with van der Waals surface area (Å²) in [6, 6.07) is 0. The van der Waals surface area contributed by atoms with Gasteiger partial charge in [0.2, 0.25) is 4.45 Å². The number of hydrogen-bond donors (Lipinski definition) is 0. The van der Waals surface area contributed by atoms with Gasteiger partial charge in [0.25, 0.3) is 0 Å². The van der Waals surface area contributed by atoms with Gasteiger partial charge in [0.05, 0.1) is 0 Å². The molecule has 0 rings (SSSR count). The largest absolute Gasteiger partial charge is 0.274 e. The first-order valence-electron chi connectivity index (χ1n) is 1.43. The first-order chi connectivity index (χ1) is 2.81. The van der Waals surface area contributed by atoms with Crippen molar-refractivity contribution in [2.75, 3.05) is 12.5 Å². The van der Waals surface area contributed by atoms with Gasteiger partial charge in [-0.05, 0) is 12.5 Å². The van der Waals surface area contributed by atoms with Crippen molar-refractivity contribution in [2.45, 2.75) is 0 Å². The Morgan fingerprint density at radius 3 is 1.57 bits per heavy atom. The molecule has 4 heteroatoms. The third-order valence-corrected chi connectivity index (χ3v) is 2.00. The first kappa shape index (κ1) is 10.9. The van der Waals surface area contributed by atoms with Crippen LogP contribution in [0, 0.1) is 0 Å². The maximum absolute atomic E-state index is 10.1. The van der Waals surface area contributed by atoms with Gasteiger partial charge in [0.15, 0.2) is 0 Å². The third-order valence-electron chi connectivity index (χ3n) is 0.333. The molecule has 0 radical (unpaired) electrons. The van der Waals surface area contributed by atoms with E-state index in [0.29, 0.717) is 0 Å². The first-order valence-corrected chi connectivity index (χ1v) is 3.88. The predicted molar refractivity (Wildman–Crippen MR) is 32.4 cm³/mol. The Labute approximate surface area is 64.8 Å². The molecular weight excluding hydrogens is 182 g/mol. The molecule has 0 amide bonds. The standard InChI is InChI=1S/C3H6OS2.Zn/c1-5-3(4)6-2;/h1-2H3;. The molecule has 0 aromatic heterocycles. The quantitative estimate of drug-likeness (QED) is 0.539. The average Bonchev–Trinajstić information content (AvgIpc) is 1.65. The van der Waals surface area contributed by atoms with Gasteiger partial charge in [-0.3, -0.25) is 4.79 Å². The smallest absolute Gasteiger partial charge is 0.245 e. The zero-order valence-corrected chi connectivity index (χ0v) is 9.03. The Morgan fingerprint density at radius 1 is 1.29 bits per heavy atom. The molecule has 0 unspecified atom stereocenters. The molecule has 0 N–H and O–H groups in total. The molecule has 0 bridgehead atoms. The molecular formula is C3H6OS2Zn. The topological polar surface area (TPSA) is 17.1 Å². The van der Waals surface area contributed by atoms with E-state index in [1.165, 1.54) is 23.5 Å². The normalized spacial score (nSPS) is 7.14. The molecule has 0 saturated carbocycles. The Hall–Kier alpha value is 0.993. The van der Waals surface area contributed by atoms with E-state index in [1.807, 2.05) is 0 Å². The molecule has 0 fully saturated rings. The monoisotopic (exact) mass is 186 g/mol. The zero-order valence-electron chi connectivity index (χ0n) is 4.43. The SMILES string of the molecule is CSC(=O)SC.[Zn]. The van der Waals surface area contributed by atoms with Gasteiger partial charge >= 0.3 is 0 Å². The predicted octanol–water partition coefficient (Wildman–Crippen LogP) is 1.83. The maximum Gasteiger partial charge on any atom is 0.245 e. The van der Waals surface area contributed by atoms with Crippen molar-refractivity contribution < 1.29 is 24.3 Å². The number of rotatable bonds is 0. The number of carbonyl (C=O) groups excluding carboxylic acids is 1. The van der Waals surface area contributed by atoms with Gasteiger partial charge in [-0.1, -0.05) is 23.5 Å². The second kappa shape index (κ2) is 6.99. The van der Waals surface area contributed by atoms with E-state index in [0.717, 1.165) is 0 Å². The van der Waals surface area contributed by atoms with Crippen molar-refractivity contribution in [3.63, 3.8) is 0 Å². The van der Waals surface area contributed by atoms with Gasteiger partial charge in [-0.15, -0.1) is 0 Å². The van der Waals surface area contributed by atoms with Gasteiger partial charge in [-0.2, -0.15) is 0 Å². The van der Waals surface area contributed by atoms with Crippen molar-refractivity contribution in [1.82, 2.24) is 0 Å². The molecule has 0 aliphatic heterocycles. The van der Waals surface area contributed by atoms with Crippen LogP contribution in [0.5, 0.6) is 0 Å². The molecule has 38 valence electrons. The number of hydrogen-bond acceptors (Lipinski definition) is 3. The van der Waals surface area contributed by atoms with Crippen LogP contribution in [0.1, 0.15) is 0 Å². The molecule has 7 heavy (non-hydrogen) atoms. The Balaban J connectivity index is 0. The van der Waals surface area contributed by atoms with E-state index in [4.69, 9.17) is 0 Å². The number of carbonyl (C=O) groups is 1. The van der Waals surface area contributed by atoms with Gasteiger partial charge in [0, 0.05) is 19.5 Å². The fourth-order valence-corrected chi connectivity index (χ4v) is 0.750. The summed E-state index contributed by atoms with van der Waals surface area (Å²) in [6.45, 7) is 0. The fourth-order valence-electron chi connectivity index (χ4n) is 0.0833. The Kier molecular flexibility index (Phi) is 10.9. The van der Waals surface area contributed by atoms with Gasteiger partial charge < -0.3 is 0 Å². The maximum atomic E-state index is 10.1. The summed E-state index contributed by atoms with van der Waals surface area (Å²) in [5, 5.41) is 0. The Bertz CT molecular complexity index is 50.9. The van der Waals surface area contributed by atoms with Gasteiger partial charge in [-0.25, -0.2) is 0 Å². The summed E-state index contributed by atoms with van der Waals surface area (Å²) in [6.07, 6.45) is 3.55. The summed E-state index contributed by atoms with van der Waals surface area (Å²) in [4.78, 5) is 10.1. The van der Waals surface area contributed by atoms with Crippen molar-refractivity contribution in [2.24, 2.45) is 0 Å². The van der Waals surface area contributed by atoms with E-state index in [1.54, 1.807) is 12.5 Å². The van der Waals surface area contributed by atoms with Crippen molar-refractivity contribution in [3.8, 4) is 0 Å². The van der Waals surface area contributed by atoms with E-state index in [2.05, 4.69) is 0 Å². The fraction of sp³-hybridized carbons (Fsp3) is 0.667. The summed E-state index contributed by atoms with van der Waals surface area (Å²) in [7, 11) is 0. The summed E-state index contributed by atoms with van der Waals surface area (Å²) in [5.74, 6) is 0. The Morgan fingerprint density at radius 2 is 1.57 bits per heavy atom. The molecule has 0 spiro atoms. The molecule has 0 aromatic carbocycles. The summed E-state index contributed by atoms with van der Waals surface area (Å²) >= 11 is 2.50. The molecule has 0 aromatic rings. The minimum atomic E-state index is 0. The summed E-state index contributed by atoms with van der Waals surface area (Å²) < 4.78 is 0.176. The minimum absolute atomic E-state index is 0. The van der Waals surface area contributed by atoms with Crippen LogP contribution >= 0.6 is 23.5 Å². The second-order valence-electron chi connectivity index (χ2n) is 0.658. The van der Waals surface area contributed by atoms with E-state index in [9.17, 15) is 4.79 Å². The molecule has 0 aliphatic carbocycles. The summed E-state index contributed by atoms with van der Waals surface area (Å²) in [5.41, 5.74) is 0. The van der Waals surface area contributed by atoms with E-state index >= 15 is 0 Å². The molecule has 0 saturated heterocycles. The molecule has 1 nitrogen and oxygen atoms in total. The van der Waals surface area contributed by atoms with Crippen LogP contribution in [0.4, 0.5) is 4.79 Å². The van der Waals surface area contributed by atoms with Crippen LogP contribution in [-0.4, -0.2) is 17.0 Å². The van der Waals surface area contributed by atoms with E-state index < -0.39 is 0 Å². The van der Waals surface area contributed by atoms with Crippen LogP contribution in [0.2, 0.25) is 0 Å².